The fourth-order valence-electron chi connectivity index (χ4n) is 3.02. The molecule has 164 valence electrons. The van der Waals surface area contributed by atoms with Crippen molar-refractivity contribution >= 4 is 22.4 Å². The van der Waals surface area contributed by atoms with Gasteiger partial charge in [-0.3, -0.25) is 15.0 Å². The summed E-state index contributed by atoms with van der Waals surface area (Å²) in [6.07, 6.45) is -5.44. The van der Waals surface area contributed by atoms with E-state index in [-0.39, 0.29) is 17.0 Å². The number of halogens is 6. The summed E-state index contributed by atoms with van der Waals surface area (Å²) in [5.41, 5.74) is 0.555. The van der Waals surface area contributed by atoms with Crippen molar-refractivity contribution in [1.82, 2.24) is 15.0 Å². The smallest absolute Gasteiger partial charge is 0.406 e. The maximum Gasteiger partial charge on any atom is 0.573 e. The number of aromatic nitrogens is 3. The Morgan fingerprint density at radius 2 is 1.56 bits per heavy atom. The van der Waals surface area contributed by atoms with Crippen molar-refractivity contribution in [3.05, 3.63) is 72.7 Å². The van der Waals surface area contributed by atoms with E-state index in [4.69, 9.17) is 0 Å². The van der Waals surface area contributed by atoms with Crippen LogP contribution in [0.2, 0.25) is 0 Å². The minimum absolute atomic E-state index is 0.142. The van der Waals surface area contributed by atoms with Crippen molar-refractivity contribution in [1.29, 1.82) is 0 Å². The van der Waals surface area contributed by atoms with Gasteiger partial charge in [-0.1, -0.05) is 0 Å². The third kappa shape index (κ3) is 4.71. The number of alkyl halides is 6. The second-order valence-electron chi connectivity index (χ2n) is 6.54. The molecule has 0 spiro atoms. The summed E-state index contributed by atoms with van der Waals surface area (Å²) in [7, 11) is 0. The monoisotopic (exact) mass is 450 g/mol. The van der Waals surface area contributed by atoms with Crippen LogP contribution in [0.1, 0.15) is 5.56 Å². The van der Waals surface area contributed by atoms with Crippen LogP contribution in [0.5, 0.6) is 5.75 Å². The molecular formula is C21H12F6N4O. The van der Waals surface area contributed by atoms with Gasteiger partial charge in [0.25, 0.3) is 0 Å². The van der Waals surface area contributed by atoms with Crippen LogP contribution in [0, 0.1) is 0 Å². The molecule has 0 fully saturated rings. The molecule has 0 unspecified atom stereocenters. The molecule has 0 atom stereocenters. The van der Waals surface area contributed by atoms with Crippen molar-refractivity contribution in [3.63, 3.8) is 0 Å². The van der Waals surface area contributed by atoms with Crippen LogP contribution in [-0.2, 0) is 6.18 Å². The van der Waals surface area contributed by atoms with Crippen LogP contribution in [0.3, 0.4) is 0 Å². The summed E-state index contributed by atoms with van der Waals surface area (Å²) in [6, 6.07) is 10.2. The Bertz CT molecular complexity index is 1260. The molecule has 32 heavy (non-hydrogen) atoms. The first-order valence-corrected chi connectivity index (χ1v) is 9.00. The Morgan fingerprint density at radius 1 is 0.812 bits per heavy atom. The van der Waals surface area contributed by atoms with Gasteiger partial charge in [-0.25, -0.2) is 0 Å². The van der Waals surface area contributed by atoms with E-state index in [1.54, 1.807) is 6.07 Å². The molecule has 0 bridgehead atoms. The van der Waals surface area contributed by atoms with Gasteiger partial charge in [-0.05, 0) is 48.5 Å². The molecule has 11 heteroatoms. The van der Waals surface area contributed by atoms with Crippen molar-refractivity contribution in [2.75, 3.05) is 5.32 Å². The van der Waals surface area contributed by atoms with E-state index in [9.17, 15) is 26.3 Å². The molecule has 3 aromatic heterocycles. The number of ether oxygens (including phenoxy) is 1. The fourth-order valence-corrected chi connectivity index (χ4v) is 3.02. The number of pyridine rings is 3. The first kappa shape index (κ1) is 21.3. The predicted molar refractivity (Wildman–Crippen MR) is 104 cm³/mol. The second kappa shape index (κ2) is 7.98. The number of nitrogens with zero attached hydrogens (tertiary/aromatic N) is 3. The number of hydrogen-bond acceptors (Lipinski definition) is 5. The zero-order valence-electron chi connectivity index (χ0n) is 15.9. The highest BCUT2D eigenvalue weighted by Gasteiger charge is 2.34. The standard InChI is InChI=1S/C21H12F6N4O/c22-20(23,24)15-2-1-8-29-18(15)12-10-17-19(30-11-12)16(7-9-28-17)31-13-3-5-14(6-4-13)32-21(25,26)27/h1-11H,(H,28,31). The Balaban J connectivity index is 1.65. The third-order valence-corrected chi connectivity index (χ3v) is 4.33. The van der Waals surface area contributed by atoms with Crippen LogP contribution in [0.15, 0.2) is 67.1 Å². The molecule has 0 amide bonds. The number of anilines is 2. The lowest BCUT2D eigenvalue weighted by Gasteiger charge is -2.13. The lowest BCUT2D eigenvalue weighted by atomic mass is 10.1. The number of hydrogen-bond donors (Lipinski definition) is 1. The first-order chi connectivity index (χ1) is 15.1. The Kier molecular flexibility index (Phi) is 5.33. The topological polar surface area (TPSA) is 59.9 Å². The van der Waals surface area contributed by atoms with Crippen molar-refractivity contribution in [2.24, 2.45) is 0 Å². The quantitative estimate of drug-likeness (QED) is 0.367. The zero-order chi connectivity index (χ0) is 22.9. The minimum atomic E-state index is -4.79. The highest BCUT2D eigenvalue weighted by atomic mass is 19.4. The van der Waals surface area contributed by atoms with Crippen molar-refractivity contribution < 1.29 is 31.1 Å². The number of fused-ring (bicyclic) bond motifs is 1. The SMILES string of the molecule is FC(F)(F)Oc1ccc(Nc2ccnc3cc(-c4ncccc4C(F)(F)F)cnc23)cc1. The number of benzene rings is 1. The maximum atomic E-state index is 13.3. The van der Waals surface area contributed by atoms with Gasteiger partial charge in [0.2, 0.25) is 0 Å². The molecule has 4 aromatic rings. The van der Waals surface area contributed by atoms with Crippen LogP contribution in [0.25, 0.3) is 22.3 Å². The lowest BCUT2D eigenvalue weighted by Crippen LogP contribution is -2.16. The van der Waals surface area contributed by atoms with Gasteiger partial charge >= 0.3 is 12.5 Å². The van der Waals surface area contributed by atoms with Gasteiger partial charge in [0.05, 0.1) is 22.5 Å². The summed E-state index contributed by atoms with van der Waals surface area (Å²) < 4.78 is 80.6. The summed E-state index contributed by atoms with van der Waals surface area (Å²) in [4.78, 5) is 12.2. The molecule has 0 aliphatic carbocycles. The zero-order valence-corrected chi connectivity index (χ0v) is 15.9. The highest BCUT2D eigenvalue weighted by Crippen LogP contribution is 2.36. The molecule has 0 aliphatic rings. The fraction of sp³-hybridized carbons (Fsp3) is 0.0952. The Hall–Kier alpha value is -3.89. The van der Waals surface area contributed by atoms with E-state index in [0.717, 1.165) is 18.2 Å². The normalized spacial score (nSPS) is 12.1. The second-order valence-corrected chi connectivity index (χ2v) is 6.54. The van der Waals surface area contributed by atoms with Gasteiger partial charge in [0, 0.05) is 29.8 Å². The van der Waals surface area contributed by atoms with Crippen molar-refractivity contribution in [3.8, 4) is 17.0 Å². The van der Waals surface area contributed by atoms with E-state index in [2.05, 4.69) is 25.0 Å². The molecular weight excluding hydrogens is 438 g/mol. The van der Waals surface area contributed by atoms with Crippen LogP contribution < -0.4 is 10.1 Å². The highest BCUT2D eigenvalue weighted by molar-refractivity contribution is 5.91. The van der Waals surface area contributed by atoms with Crippen LogP contribution in [-0.4, -0.2) is 21.3 Å². The van der Waals surface area contributed by atoms with Crippen LogP contribution in [0.4, 0.5) is 37.7 Å². The Morgan fingerprint density at radius 3 is 2.25 bits per heavy atom. The average Bonchev–Trinajstić information content (AvgIpc) is 2.73. The van der Waals surface area contributed by atoms with E-state index in [1.807, 2.05) is 0 Å². The van der Waals surface area contributed by atoms with E-state index in [0.29, 0.717) is 22.4 Å². The van der Waals surface area contributed by atoms with Gasteiger partial charge < -0.3 is 10.1 Å². The van der Waals surface area contributed by atoms with E-state index in [1.165, 1.54) is 42.9 Å². The van der Waals surface area contributed by atoms with Crippen LogP contribution >= 0.6 is 0 Å². The molecule has 5 nitrogen and oxygen atoms in total. The molecule has 0 saturated heterocycles. The van der Waals surface area contributed by atoms with Gasteiger partial charge in [-0.15, -0.1) is 13.2 Å². The van der Waals surface area contributed by atoms with Gasteiger partial charge in [-0.2, -0.15) is 13.2 Å². The van der Waals surface area contributed by atoms with E-state index >= 15 is 0 Å². The largest absolute Gasteiger partial charge is 0.573 e. The lowest BCUT2D eigenvalue weighted by molar-refractivity contribution is -0.274. The predicted octanol–water partition coefficient (Wildman–Crippen LogP) is 6.35. The molecule has 0 saturated carbocycles. The summed E-state index contributed by atoms with van der Waals surface area (Å²) in [5, 5.41) is 3.00. The molecule has 3 heterocycles. The molecule has 1 N–H and O–H groups in total. The summed E-state index contributed by atoms with van der Waals surface area (Å²) in [5.74, 6) is -0.374. The number of rotatable bonds is 4. The van der Waals surface area contributed by atoms with Gasteiger partial charge in [0.15, 0.2) is 0 Å². The molecule has 1 aromatic carbocycles. The minimum Gasteiger partial charge on any atom is -0.406 e. The Labute approximate surface area is 176 Å². The molecule has 0 radical (unpaired) electrons. The average molecular weight is 450 g/mol. The molecule has 0 aliphatic heterocycles. The summed E-state index contributed by atoms with van der Waals surface area (Å²) in [6.45, 7) is 0. The first-order valence-electron chi connectivity index (χ1n) is 9.00. The molecule has 4 rings (SSSR count). The third-order valence-electron chi connectivity index (χ3n) is 4.33. The summed E-state index contributed by atoms with van der Waals surface area (Å²) >= 11 is 0. The van der Waals surface area contributed by atoms with E-state index < -0.39 is 18.1 Å². The number of nitrogens with one attached hydrogen (secondary N) is 1. The van der Waals surface area contributed by atoms with Crippen molar-refractivity contribution in [2.45, 2.75) is 12.5 Å². The maximum absolute atomic E-state index is 13.3. The van der Waals surface area contributed by atoms with Gasteiger partial charge in [0.1, 0.15) is 11.3 Å².